The van der Waals surface area contributed by atoms with Crippen molar-refractivity contribution in [1.29, 1.82) is 0 Å². The van der Waals surface area contributed by atoms with Crippen LogP contribution in [-0.4, -0.2) is 104 Å². The van der Waals surface area contributed by atoms with Crippen LogP contribution >= 0.6 is 0 Å². The first kappa shape index (κ1) is 25.5. The Kier molecular flexibility index (Phi) is 6.08. The van der Waals surface area contributed by atoms with Crippen LogP contribution in [0, 0.1) is 0 Å². The van der Waals surface area contributed by atoms with E-state index in [4.69, 9.17) is 28.4 Å². The molecule has 0 unspecified atom stereocenters. The fourth-order valence-electron chi connectivity index (χ4n) is 6.57. The number of benzene rings is 2. The maximum absolute atomic E-state index is 13.5. The van der Waals surface area contributed by atoms with Crippen LogP contribution in [0.25, 0.3) is 11.1 Å². The summed E-state index contributed by atoms with van der Waals surface area (Å²) in [6.45, 7) is 2.53. The number of methoxy groups -OCH3 is 1. The van der Waals surface area contributed by atoms with Gasteiger partial charge in [-0.1, -0.05) is 48.5 Å². The van der Waals surface area contributed by atoms with E-state index in [0.717, 1.165) is 22.3 Å². The second-order valence-corrected chi connectivity index (χ2v) is 11.0. The van der Waals surface area contributed by atoms with E-state index in [-0.39, 0.29) is 44.6 Å². The molecule has 4 fully saturated rings. The van der Waals surface area contributed by atoms with E-state index in [2.05, 4.69) is 24.3 Å². The molecule has 2 aromatic carbocycles. The number of fused-ring (bicyclic) bond motifs is 7. The molecule has 0 spiro atoms. The van der Waals surface area contributed by atoms with E-state index in [9.17, 15) is 14.4 Å². The first-order valence-corrected chi connectivity index (χ1v) is 13.5. The Morgan fingerprint density at radius 1 is 0.900 bits per heavy atom. The van der Waals surface area contributed by atoms with Gasteiger partial charge in [0.05, 0.1) is 33.3 Å². The third-order valence-electron chi connectivity index (χ3n) is 8.41. The van der Waals surface area contributed by atoms with Gasteiger partial charge in [0.1, 0.15) is 18.3 Å². The highest BCUT2D eigenvalue weighted by Gasteiger charge is 2.58. The molecule has 0 aromatic heterocycles. The highest BCUT2D eigenvalue weighted by molar-refractivity contribution is 5.83. The van der Waals surface area contributed by atoms with Crippen LogP contribution in [0.15, 0.2) is 48.5 Å². The SMILES string of the molecule is COC(=O)[C@@H]1O[C@@H]2CN(C(=O)[C@@H]3O[C@@H]4CN(C(=O)OCC5c6ccccc6-c6ccccc65)C[C@H]3O4)C[C@@]1(C)O2. The molecule has 1 aliphatic carbocycles. The van der Waals surface area contributed by atoms with Gasteiger partial charge in [0.15, 0.2) is 24.8 Å². The summed E-state index contributed by atoms with van der Waals surface area (Å²) in [6.07, 6.45) is -4.41. The van der Waals surface area contributed by atoms with Crippen molar-refractivity contribution in [3.05, 3.63) is 59.7 Å². The van der Waals surface area contributed by atoms with Crippen molar-refractivity contribution >= 4 is 18.0 Å². The number of morpholine rings is 2. The van der Waals surface area contributed by atoms with Crippen LogP contribution in [0.4, 0.5) is 4.79 Å². The number of rotatable bonds is 4. The van der Waals surface area contributed by atoms with E-state index in [1.807, 2.05) is 24.3 Å². The van der Waals surface area contributed by atoms with Crippen LogP contribution < -0.4 is 0 Å². The molecule has 40 heavy (non-hydrogen) atoms. The quantitative estimate of drug-likeness (QED) is 0.527. The molecule has 2 amide bonds. The molecule has 4 heterocycles. The Labute approximate surface area is 230 Å². The van der Waals surface area contributed by atoms with Crippen LogP contribution in [0.1, 0.15) is 24.0 Å². The summed E-state index contributed by atoms with van der Waals surface area (Å²) in [5, 5.41) is 0. The Bertz CT molecular complexity index is 1320. The number of ether oxygens (including phenoxy) is 6. The topological polar surface area (TPSA) is 113 Å². The van der Waals surface area contributed by atoms with Crippen LogP contribution in [0.5, 0.6) is 0 Å². The van der Waals surface area contributed by atoms with Crippen LogP contribution in [0.3, 0.4) is 0 Å². The molecule has 4 bridgehead atoms. The fourth-order valence-corrected chi connectivity index (χ4v) is 6.57. The Hall–Kier alpha value is -3.51. The zero-order chi connectivity index (χ0) is 27.6. The van der Waals surface area contributed by atoms with Crippen molar-refractivity contribution in [3.63, 3.8) is 0 Å². The maximum atomic E-state index is 13.5. The number of esters is 1. The van der Waals surface area contributed by atoms with Crippen molar-refractivity contribution in [2.75, 3.05) is 39.9 Å². The third-order valence-corrected chi connectivity index (χ3v) is 8.41. The molecule has 7 rings (SSSR count). The van der Waals surface area contributed by atoms with Gasteiger partial charge in [-0.25, -0.2) is 9.59 Å². The number of hydrogen-bond acceptors (Lipinski definition) is 9. The van der Waals surface area contributed by atoms with Crippen LogP contribution in [-0.2, 0) is 38.0 Å². The zero-order valence-corrected chi connectivity index (χ0v) is 22.2. The first-order chi connectivity index (χ1) is 19.3. The molecule has 2 aromatic rings. The molecule has 210 valence electrons. The number of nitrogens with zero attached hydrogens (tertiary/aromatic N) is 2. The van der Waals surface area contributed by atoms with Gasteiger partial charge in [0.2, 0.25) is 0 Å². The molecular formula is C29H30N2O9. The minimum atomic E-state index is -1.03. The minimum Gasteiger partial charge on any atom is -0.467 e. The predicted octanol–water partition coefficient (Wildman–Crippen LogP) is 1.88. The van der Waals surface area contributed by atoms with Crippen molar-refractivity contribution in [3.8, 4) is 11.1 Å². The largest absolute Gasteiger partial charge is 0.467 e. The minimum absolute atomic E-state index is 0.0474. The smallest absolute Gasteiger partial charge is 0.410 e. The maximum Gasteiger partial charge on any atom is 0.410 e. The van der Waals surface area contributed by atoms with E-state index < -0.39 is 48.6 Å². The van der Waals surface area contributed by atoms with Gasteiger partial charge in [0.25, 0.3) is 5.91 Å². The summed E-state index contributed by atoms with van der Waals surface area (Å²) in [6, 6.07) is 16.3. The van der Waals surface area contributed by atoms with Crippen molar-refractivity contribution in [2.24, 2.45) is 0 Å². The molecular weight excluding hydrogens is 520 g/mol. The first-order valence-electron chi connectivity index (χ1n) is 13.5. The molecule has 0 saturated carbocycles. The highest BCUT2D eigenvalue weighted by atomic mass is 16.8. The number of amides is 2. The van der Waals surface area contributed by atoms with Gasteiger partial charge >= 0.3 is 12.1 Å². The van der Waals surface area contributed by atoms with Gasteiger partial charge < -0.3 is 38.2 Å². The molecule has 5 aliphatic rings. The normalized spacial score (nSPS) is 32.0. The summed E-state index contributed by atoms with van der Waals surface area (Å²) in [7, 11) is 1.28. The predicted molar refractivity (Wildman–Crippen MR) is 137 cm³/mol. The standard InChI is InChI=1S/C29H30N2O9/c1-29-15-31(13-23(40-29)39-25(29)27(33)35-2)26(32)24-21-11-30(12-22(37-21)38-24)28(34)36-14-20-18-9-5-3-7-16(18)17-8-4-6-10-19(17)20/h3-10,20-25H,11-15H2,1-2H3/t21-,22-,23+,24-,25+,29-/m1/s1. The number of carbonyl (C=O) groups is 3. The molecule has 4 aliphatic heterocycles. The average molecular weight is 551 g/mol. The lowest BCUT2D eigenvalue weighted by Crippen LogP contribution is -2.58. The second-order valence-electron chi connectivity index (χ2n) is 11.0. The molecule has 0 radical (unpaired) electrons. The molecule has 4 saturated heterocycles. The molecule has 11 heteroatoms. The zero-order valence-electron chi connectivity index (χ0n) is 22.2. The van der Waals surface area contributed by atoms with E-state index in [0.29, 0.717) is 0 Å². The summed E-state index contributed by atoms with van der Waals surface area (Å²) in [5.74, 6) is -0.890. The Morgan fingerprint density at radius 3 is 2.27 bits per heavy atom. The van der Waals surface area contributed by atoms with Gasteiger partial charge in [-0.15, -0.1) is 0 Å². The number of carbonyl (C=O) groups excluding carboxylic acids is 3. The van der Waals surface area contributed by atoms with Gasteiger partial charge in [0, 0.05) is 5.92 Å². The fraction of sp³-hybridized carbons (Fsp3) is 0.483. The average Bonchev–Trinajstić information content (AvgIpc) is 3.54. The molecule has 6 atom stereocenters. The molecule has 0 N–H and O–H groups in total. The van der Waals surface area contributed by atoms with E-state index in [1.54, 1.807) is 16.7 Å². The Balaban J connectivity index is 0.996. The lowest BCUT2D eigenvalue weighted by molar-refractivity contribution is -0.170. The molecule has 11 nitrogen and oxygen atoms in total. The lowest BCUT2D eigenvalue weighted by Gasteiger charge is -2.38. The van der Waals surface area contributed by atoms with Crippen LogP contribution in [0.2, 0.25) is 0 Å². The van der Waals surface area contributed by atoms with Crippen molar-refractivity contribution in [1.82, 2.24) is 9.80 Å². The van der Waals surface area contributed by atoms with E-state index in [1.165, 1.54) is 7.11 Å². The van der Waals surface area contributed by atoms with Gasteiger partial charge in [-0.2, -0.15) is 0 Å². The van der Waals surface area contributed by atoms with Gasteiger partial charge in [-0.05, 0) is 29.2 Å². The third kappa shape index (κ3) is 4.07. The van der Waals surface area contributed by atoms with E-state index >= 15 is 0 Å². The highest BCUT2D eigenvalue weighted by Crippen LogP contribution is 2.44. The second kappa shape index (κ2) is 9.55. The Morgan fingerprint density at radius 2 is 1.57 bits per heavy atom. The summed E-state index contributed by atoms with van der Waals surface area (Å²) in [4.78, 5) is 42.0. The lowest BCUT2D eigenvalue weighted by atomic mass is 9.97. The van der Waals surface area contributed by atoms with Crippen molar-refractivity contribution < 1.29 is 42.8 Å². The summed E-state index contributed by atoms with van der Waals surface area (Å²) in [5.41, 5.74) is 3.56. The monoisotopic (exact) mass is 550 g/mol. The van der Waals surface area contributed by atoms with Gasteiger partial charge in [-0.3, -0.25) is 4.79 Å². The summed E-state index contributed by atoms with van der Waals surface area (Å²) < 4.78 is 34.0. The summed E-state index contributed by atoms with van der Waals surface area (Å²) >= 11 is 0. The number of hydrogen-bond donors (Lipinski definition) is 0. The van der Waals surface area contributed by atoms with Crippen molar-refractivity contribution in [2.45, 2.75) is 49.3 Å².